The van der Waals surface area contributed by atoms with Crippen LogP contribution in [0.2, 0.25) is 0 Å². The number of carbonyl (C=O) groups is 1. The number of carbonyl (C=O) groups excluding carboxylic acids is 1. The van der Waals surface area contributed by atoms with Crippen LogP contribution in [0.15, 0.2) is 6.20 Å². The summed E-state index contributed by atoms with van der Waals surface area (Å²) < 4.78 is 12.2. The first-order valence-corrected chi connectivity index (χ1v) is 7.96. The van der Waals surface area contributed by atoms with Gasteiger partial charge in [0.1, 0.15) is 0 Å². The highest BCUT2D eigenvalue weighted by molar-refractivity contribution is 5.73. The number of rotatable bonds is 3. The van der Waals surface area contributed by atoms with E-state index in [2.05, 4.69) is 10.00 Å². The van der Waals surface area contributed by atoms with E-state index in [-0.39, 0.29) is 17.9 Å². The Hall–Kier alpha value is -1.76. The lowest BCUT2D eigenvalue weighted by Crippen LogP contribution is -2.37. The predicted molar refractivity (Wildman–Crippen MR) is 82.7 cm³/mol. The van der Waals surface area contributed by atoms with Crippen LogP contribution in [0, 0.1) is 5.92 Å². The molecule has 3 rings (SSSR count). The second-order valence-electron chi connectivity index (χ2n) is 5.97. The molecule has 122 valence electrons. The Bertz CT molecular complexity index is 525. The minimum Gasteiger partial charge on any atom is -0.469 e. The van der Waals surface area contributed by atoms with Gasteiger partial charge in [-0.25, -0.2) is 0 Å². The highest BCUT2D eigenvalue weighted by atomic mass is 16.5. The van der Waals surface area contributed by atoms with Gasteiger partial charge >= 0.3 is 5.97 Å². The summed E-state index contributed by atoms with van der Waals surface area (Å²) in [7, 11) is 1.45. The van der Waals surface area contributed by atoms with Gasteiger partial charge in [-0.05, 0) is 12.8 Å². The molecular weight excluding hydrogens is 284 g/mol. The maximum absolute atomic E-state index is 12.0. The summed E-state index contributed by atoms with van der Waals surface area (Å²) in [5.41, 5.74) is 6.81. The second kappa shape index (κ2) is 6.56. The molecule has 2 unspecified atom stereocenters. The van der Waals surface area contributed by atoms with E-state index in [1.807, 2.05) is 10.9 Å². The number of nitrogens with two attached hydrogens (primary N) is 1. The van der Waals surface area contributed by atoms with Crippen molar-refractivity contribution in [1.29, 1.82) is 0 Å². The van der Waals surface area contributed by atoms with Gasteiger partial charge in [0, 0.05) is 13.1 Å². The van der Waals surface area contributed by atoms with Crippen LogP contribution in [-0.2, 0) is 14.3 Å². The third-order valence-electron chi connectivity index (χ3n) is 4.62. The van der Waals surface area contributed by atoms with Crippen LogP contribution in [0.4, 0.5) is 11.5 Å². The Morgan fingerprint density at radius 2 is 2.09 bits per heavy atom. The number of ether oxygens (including phenoxy) is 2. The van der Waals surface area contributed by atoms with Gasteiger partial charge in [0.2, 0.25) is 0 Å². The summed E-state index contributed by atoms with van der Waals surface area (Å²) in [6.07, 6.45) is 5.80. The minimum absolute atomic E-state index is 0.0401. The zero-order valence-electron chi connectivity index (χ0n) is 13.0. The SMILES string of the molecule is COC(=O)C1CCCCC1n1cc(N)c(N2CCOCC2)n1. The quantitative estimate of drug-likeness (QED) is 0.845. The number of nitrogens with zero attached hydrogens (tertiary/aromatic N) is 3. The van der Waals surface area contributed by atoms with Crippen molar-refractivity contribution in [2.45, 2.75) is 31.7 Å². The van der Waals surface area contributed by atoms with Gasteiger partial charge in [-0.1, -0.05) is 12.8 Å². The molecule has 2 atom stereocenters. The third kappa shape index (κ3) is 2.90. The van der Waals surface area contributed by atoms with Gasteiger partial charge in [-0.2, -0.15) is 5.10 Å². The zero-order valence-corrected chi connectivity index (χ0v) is 13.0. The highest BCUT2D eigenvalue weighted by Gasteiger charge is 2.34. The van der Waals surface area contributed by atoms with Gasteiger partial charge in [-0.15, -0.1) is 0 Å². The molecule has 2 fully saturated rings. The molecular formula is C15H24N4O3. The summed E-state index contributed by atoms with van der Waals surface area (Å²) in [6, 6.07) is 0.0401. The van der Waals surface area contributed by atoms with Crippen molar-refractivity contribution in [3.63, 3.8) is 0 Å². The van der Waals surface area contributed by atoms with E-state index in [9.17, 15) is 4.79 Å². The van der Waals surface area contributed by atoms with Gasteiger partial charge in [0.25, 0.3) is 0 Å². The molecule has 2 heterocycles. The van der Waals surface area contributed by atoms with Crippen molar-refractivity contribution in [3.8, 4) is 0 Å². The Labute approximate surface area is 130 Å². The van der Waals surface area contributed by atoms with Gasteiger partial charge in [0.05, 0.1) is 44.2 Å². The number of anilines is 2. The summed E-state index contributed by atoms with van der Waals surface area (Å²) in [6.45, 7) is 2.99. The molecule has 2 aliphatic rings. The summed E-state index contributed by atoms with van der Waals surface area (Å²) in [4.78, 5) is 14.2. The number of esters is 1. The van der Waals surface area contributed by atoms with E-state index in [0.29, 0.717) is 18.9 Å². The smallest absolute Gasteiger partial charge is 0.310 e. The van der Waals surface area contributed by atoms with E-state index in [0.717, 1.165) is 44.6 Å². The van der Waals surface area contributed by atoms with Crippen molar-refractivity contribution in [1.82, 2.24) is 9.78 Å². The number of hydrogen-bond donors (Lipinski definition) is 1. The first kappa shape index (κ1) is 15.1. The molecule has 22 heavy (non-hydrogen) atoms. The molecule has 0 spiro atoms. The number of methoxy groups -OCH3 is 1. The maximum atomic E-state index is 12.0. The van der Waals surface area contributed by atoms with Crippen LogP contribution >= 0.6 is 0 Å². The van der Waals surface area contributed by atoms with E-state index >= 15 is 0 Å². The largest absolute Gasteiger partial charge is 0.469 e. The van der Waals surface area contributed by atoms with Crippen LogP contribution in [0.25, 0.3) is 0 Å². The van der Waals surface area contributed by atoms with Crippen LogP contribution < -0.4 is 10.6 Å². The fraction of sp³-hybridized carbons (Fsp3) is 0.733. The van der Waals surface area contributed by atoms with Gasteiger partial charge in [0.15, 0.2) is 5.82 Å². The molecule has 1 saturated carbocycles. The first-order valence-electron chi connectivity index (χ1n) is 7.96. The lowest BCUT2D eigenvalue weighted by atomic mass is 9.84. The normalized spacial score (nSPS) is 26.0. The average molecular weight is 308 g/mol. The number of morpholine rings is 1. The Morgan fingerprint density at radius 3 is 2.82 bits per heavy atom. The number of aromatic nitrogens is 2. The Morgan fingerprint density at radius 1 is 1.36 bits per heavy atom. The highest BCUT2D eigenvalue weighted by Crippen LogP contribution is 2.36. The first-order chi connectivity index (χ1) is 10.7. The zero-order chi connectivity index (χ0) is 15.5. The maximum Gasteiger partial charge on any atom is 0.310 e. The van der Waals surface area contributed by atoms with Crippen molar-refractivity contribution >= 4 is 17.5 Å². The molecule has 0 radical (unpaired) electrons. The van der Waals surface area contributed by atoms with Crippen LogP contribution in [0.1, 0.15) is 31.7 Å². The molecule has 0 amide bonds. The summed E-state index contributed by atoms with van der Waals surface area (Å²) in [5, 5.41) is 4.68. The van der Waals surface area contributed by atoms with E-state index < -0.39 is 0 Å². The van der Waals surface area contributed by atoms with Gasteiger partial charge in [-0.3, -0.25) is 9.48 Å². The molecule has 1 aliphatic carbocycles. The minimum atomic E-state index is -0.147. The van der Waals surface area contributed by atoms with Crippen LogP contribution in [-0.4, -0.2) is 49.2 Å². The van der Waals surface area contributed by atoms with Crippen LogP contribution in [0.3, 0.4) is 0 Å². The third-order valence-corrected chi connectivity index (χ3v) is 4.62. The topological polar surface area (TPSA) is 82.6 Å². The molecule has 1 saturated heterocycles. The summed E-state index contributed by atoms with van der Waals surface area (Å²) >= 11 is 0. The predicted octanol–water partition coefficient (Wildman–Crippen LogP) is 1.21. The fourth-order valence-corrected chi connectivity index (χ4v) is 3.44. The Balaban J connectivity index is 1.82. The summed E-state index contributed by atoms with van der Waals surface area (Å²) in [5.74, 6) is 0.528. The van der Waals surface area contributed by atoms with Crippen molar-refractivity contribution in [2.24, 2.45) is 5.92 Å². The molecule has 7 nitrogen and oxygen atoms in total. The monoisotopic (exact) mass is 308 g/mol. The van der Waals surface area contributed by atoms with Crippen LogP contribution in [0.5, 0.6) is 0 Å². The Kier molecular flexibility index (Phi) is 4.52. The molecule has 1 aromatic rings. The number of nitrogen functional groups attached to an aromatic ring is 1. The van der Waals surface area contributed by atoms with E-state index in [4.69, 9.17) is 15.2 Å². The second-order valence-corrected chi connectivity index (χ2v) is 5.97. The number of hydrogen-bond acceptors (Lipinski definition) is 6. The molecule has 7 heteroatoms. The molecule has 2 N–H and O–H groups in total. The fourth-order valence-electron chi connectivity index (χ4n) is 3.44. The lowest BCUT2D eigenvalue weighted by Gasteiger charge is -2.30. The van der Waals surface area contributed by atoms with E-state index in [1.165, 1.54) is 7.11 Å². The lowest BCUT2D eigenvalue weighted by molar-refractivity contribution is -0.148. The van der Waals surface area contributed by atoms with Crippen molar-refractivity contribution < 1.29 is 14.3 Å². The molecule has 0 bridgehead atoms. The average Bonchev–Trinajstić information content (AvgIpc) is 2.96. The standard InChI is InChI=1S/C15H24N4O3/c1-21-15(20)11-4-2-3-5-13(11)19-10-12(16)14(17-19)18-6-8-22-9-7-18/h10-11,13H,2-9,16H2,1H3. The molecule has 1 aromatic heterocycles. The van der Waals surface area contributed by atoms with Crippen molar-refractivity contribution in [3.05, 3.63) is 6.20 Å². The van der Waals surface area contributed by atoms with Gasteiger partial charge < -0.3 is 20.1 Å². The van der Waals surface area contributed by atoms with E-state index in [1.54, 1.807) is 0 Å². The molecule has 0 aromatic carbocycles. The van der Waals surface area contributed by atoms with Crippen molar-refractivity contribution in [2.75, 3.05) is 44.0 Å². The molecule has 1 aliphatic heterocycles.